The summed E-state index contributed by atoms with van der Waals surface area (Å²) in [5.41, 5.74) is 3.21. The summed E-state index contributed by atoms with van der Waals surface area (Å²) >= 11 is 1.47. The molecular weight excluding hydrogens is 272 g/mol. The van der Waals surface area contributed by atoms with Crippen molar-refractivity contribution in [2.24, 2.45) is 0 Å². The van der Waals surface area contributed by atoms with Crippen LogP contribution in [0, 0.1) is 0 Å². The van der Waals surface area contributed by atoms with Crippen LogP contribution in [0.1, 0.15) is 23.9 Å². The summed E-state index contributed by atoms with van der Waals surface area (Å²) in [4.78, 5) is 15.1. The molecular formula is C15H18N2O2S. The number of aliphatic hydroxyl groups excluding tert-OH is 1. The molecule has 0 spiro atoms. The molecule has 2 N–H and O–H groups in total. The molecule has 2 rings (SSSR count). The lowest BCUT2D eigenvalue weighted by Crippen LogP contribution is -2.21. The first-order chi connectivity index (χ1) is 9.69. The predicted molar refractivity (Wildman–Crippen MR) is 80.5 cm³/mol. The molecule has 0 radical (unpaired) electrons. The van der Waals surface area contributed by atoms with Gasteiger partial charge in [0.15, 0.2) is 0 Å². The van der Waals surface area contributed by atoms with E-state index in [1.807, 2.05) is 17.5 Å². The monoisotopic (exact) mass is 290 g/mol. The molecule has 0 aliphatic heterocycles. The van der Waals surface area contributed by atoms with Crippen LogP contribution in [0.4, 0.5) is 0 Å². The molecule has 2 aromatic rings. The van der Waals surface area contributed by atoms with Crippen LogP contribution >= 0.6 is 11.3 Å². The lowest BCUT2D eigenvalue weighted by molar-refractivity contribution is -0.118. The molecule has 0 aliphatic carbocycles. The highest BCUT2D eigenvalue weighted by molar-refractivity contribution is 7.09. The van der Waals surface area contributed by atoms with Gasteiger partial charge in [-0.05, 0) is 18.4 Å². The van der Waals surface area contributed by atoms with Gasteiger partial charge in [0.05, 0.1) is 12.3 Å². The van der Waals surface area contributed by atoms with Crippen molar-refractivity contribution in [3.63, 3.8) is 0 Å². The Kier molecular flexibility index (Phi) is 5.26. The SMILES string of the molecule is CC(=O)NCCCc1ccc(-c2csc(CO)n2)cc1. The van der Waals surface area contributed by atoms with Crippen molar-refractivity contribution in [2.45, 2.75) is 26.4 Å². The largest absolute Gasteiger partial charge is 0.389 e. The van der Waals surface area contributed by atoms with Gasteiger partial charge in [0.25, 0.3) is 0 Å². The van der Waals surface area contributed by atoms with Gasteiger partial charge in [-0.3, -0.25) is 4.79 Å². The van der Waals surface area contributed by atoms with E-state index in [1.54, 1.807) is 0 Å². The number of carbonyl (C=O) groups excluding carboxylic acids is 1. The third-order valence-corrected chi connectivity index (χ3v) is 3.79. The first kappa shape index (κ1) is 14.7. The van der Waals surface area contributed by atoms with Crippen LogP contribution in [-0.2, 0) is 17.8 Å². The van der Waals surface area contributed by atoms with Crippen LogP contribution in [0.25, 0.3) is 11.3 Å². The second kappa shape index (κ2) is 7.17. The molecule has 0 atom stereocenters. The minimum Gasteiger partial charge on any atom is -0.389 e. The van der Waals surface area contributed by atoms with E-state index >= 15 is 0 Å². The second-order valence-electron chi connectivity index (χ2n) is 4.57. The van der Waals surface area contributed by atoms with Crippen molar-refractivity contribution in [2.75, 3.05) is 6.54 Å². The quantitative estimate of drug-likeness (QED) is 0.803. The Morgan fingerprint density at radius 1 is 1.35 bits per heavy atom. The van der Waals surface area contributed by atoms with Gasteiger partial charge in [-0.1, -0.05) is 24.3 Å². The Morgan fingerprint density at radius 2 is 2.10 bits per heavy atom. The highest BCUT2D eigenvalue weighted by atomic mass is 32.1. The number of thiazole rings is 1. The molecule has 1 heterocycles. The van der Waals surface area contributed by atoms with E-state index in [2.05, 4.69) is 22.4 Å². The van der Waals surface area contributed by atoms with Gasteiger partial charge in [-0.15, -0.1) is 11.3 Å². The molecule has 106 valence electrons. The van der Waals surface area contributed by atoms with E-state index in [4.69, 9.17) is 5.11 Å². The Hall–Kier alpha value is -1.72. The van der Waals surface area contributed by atoms with Crippen LogP contribution in [0.15, 0.2) is 29.6 Å². The first-order valence-electron chi connectivity index (χ1n) is 6.58. The van der Waals surface area contributed by atoms with Crippen molar-refractivity contribution in [3.8, 4) is 11.3 Å². The van der Waals surface area contributed by atoms with E-state index < -0.39 is 0 Å². The molecule has 0 saturated carbocycles. The van der Waals surface area contributed by atoms with Gasteiger partial charge in [0.2, 0.25) is 5.91 Å². The predicted octanol–water partition coefficient (Wildman–Crippen LogP) is 2.37. The van der Waals surface area contributed by atoms with E-state index in [1.165, 1.54) is 23.8 Å². The molecule has 4 nitrogen and oxygen atoms in total. The normalized spacial score (nSPS) is 10.5. The molecule has 0 bridgehead atoms. The molecule has 20 heavy (non-hydrogen) atoms. The topological polar surface area (TPSA) is 62.2 Å². The fourth-order valence-electron chi connectivity index (χ4n) is 1.92. The number of rotatable bonds is 6. The summed E-state index contributed by atoms with van der Waals surface area (Å²) in [7, 11) is 0. The number of benzene rings is 1. The summed E-state index contributed by atoms with van der Waals surface area (Å²) < 4.78 is 0. The van der Waals surface area contributed by atoms with Gasteiger partial charge in [0.1, 0.15) is 5.01 Å². The molecule has 1 aromatic carbocycles. The Morgan fingerprint density at radius 3 is 2.70 bits per heavy atom. The average molecular weight is 290 g/mol. The Bertz CT molecular complexity index is 564. The number of nitrogens with zero attached hydrogens (tertiary/aromatic N) is 1. The molecule has 0 unspecified atom stereocenters. The van der Waals surface area contributed by atoms with E-state index in [0.717, 1.165) is 29.1 Å². The zero-order valence-corrected chi connectivity index (χ0v) is 12.2. The highest BCUT2D eigenvalue weighted by Gasteiger charge is 2.03. The number of aliphatic hydroxyl groups is 1. The molecule has 0 saturated heterocycles. The molecule has 0 fully saturated rings. The van der Waals surface area contributed by atoms with Crippen molar-refractivity contribution in [1.29, 1.82) is 0 Å². The number of hydrogen-bond donors (Lipinski definition) is 2. The lowest BCUT2D eigenvalue weighted by Gasteiger charge is -2.04. The summed E-state index contributed by atoms with van der Waals surface area (Å²) in [6, 6.07) is 8.26. The summed E-state index contributed by atoms with van der Waals surface area (Å²) in [5, 5.41) is 14.5. The standard InChI is InChI=1S/C15H18N2O2S/c1-11(19)16-8-2-3-12-4-6-13(7-5-12)14-10-20-15(9-18)17-14/h4-7,10,18H,2-3,8-9H2,1H3,(H,16,19). The number of amides is 1. The maximum absolute atomic E-state index is 10.7. The molecule has 0 aliphatic rings. The fraction of sp³-hybridized carbons (Fsp3) is 0.333. The van der Waals surface area contributed by atoms with Crippen molar-refractivity contribution >= 4 is 17.2 Å². The second-order valence-corrected chi connectivity index (χ2v) is 5.51. The zero-order chi connectivity index (χ0) is 14.4. The maximum atomic E-state index is 10.7. The van der Waals surface area contributed by atoms with Crippen LogP contribution in [0.5, 0.6) is 0 Å². The number of nitrogens with one attached hydrogen (secondary N) is 1. The maximum Gasteiger partial charge on any atom is 0.216 e. The smallest absolute Gasteiger partial charge is 0.216 e. The third kappa shape index (κ3) is 4.15. The van der Waals surface area contributed by atoms with Gasteiger partial charge >= 0.3 is 0 Å². The van der Waals surface area contributed by atoms with Crippen molar-refractivity contribution < 1.29 is 9.90 Å². The summed E-state index contributed by atoms with van der Waals surface area (Å²) in [5.74, 6) is 0.0172. The molecule has 1 amide bonds. The van der Waals surface area contributed by atoms with Crippen LogP contribution in [-0.4, -0.2) is 22.5 Å². The lowest BCUT2D eigenvalue weighted by atomic mass is 10.1. The van der Waals surface area contributed by atoms with Crippen LogP contribution in [0.2, 0.25) is 0 Å². The van der Waals surface area contributed by atoms with Gasteiger partial charge in [0, 0.05) is 24.4 Å². The van der Waals surface area contributed by atoms with E-state index in [-0.39, 0.29) is 12.5 Å². The first-order valence-corrected chi connectivity index (χ1v) is 7.46. The number of hydrogen-bond acceptors (Lipinski definition) is 4. The van der Waals surface area contributed by atoms with Crippen molar-refractivity contribution in [1.82, 2.24) is 10.3 Å². The summed E-state index contributed by atoms with van der Waals surface area (Å²) in [6.45, 7) is 2.23. The average Bonchev–Trinajstić information content (AvgIpc) is 2.93. The fourth-order valence-corrected chi connectivity index (χ4v) is 2.58. The third-order valence-electron chi connectivity index (χ3n) is 2.95. The van der Waals surface area contributed by atoms with Gasteiger partial charge < -0.3 is 10.4 Å². The molecule has 1 aromatic heterocycles. The van der Waals surface area contributed by atoms with Gasteiger partial charge in [-0.2, -0.15) is 0 Å². The van der Waals surface area contributed by atoms with E-state index in [9.17, 15) is 4.79 Å². The zero-order valence-electron chi connectivity index (χ0n) is 11.4. The Labute approximate surface area is 122 Å². The van der Waals surface area contributed by atoms with Gasteiger partial charge in [-0.25, -0.2) is 4.98 Å². The van der Waals surface area contributed by atoms with E-state index in [0.29, 0.717) is 6.54 Å². The minimum absolute atomic E-state index is 0.00804. The number of carbonyl (C=O) groups is 1. The van der Waals surface area contributed by atoms with Crippen LogP contribution in [0.3, 0.4) is 0 Å². The minimum atomic E-state index is -0.00804. The van der Waals surface area contributed by atoms with Crippen molar-refractivity contribution in [3.05, 3.63) is 40.2 Å². The Balaban J connectivity index is 1.91. The highest BCUT2D eigenvalue weighted by Crippen LogP contribution is 2.22. The molecule has 5 heteroatoms. The number of aromatic nitrogens is 1. The summed E-state index contributed by atoms with van der Waals surface area (Å²) in [6.07, 6.45) is 1.88. The van der Waals surface area contributed by atoms with Crippen LogP contribution < -0.4 is 5.32 Å². The number of aryl methyl sites for hydroxylation is 1.